The second-order valence-electron chi connectivity index (χ2n) is 6.07. The Bertz CT molecular complexity index is 818. The van der Waals surface area contributed by atoms with E-state index in [2.05, 4.69) is 16.4 Å². The Kier molecular flexibility index (Phi) is 4.64. The third kappa shape index (κ3) is 3.59. The van der Waals surface area contributed by atoms with Crippen LogP contribution in [0, 0.1) is 11.3 Å². The summed E-state index contributed by atoms with van der Waals surface area (Å²) in [5.74, 6) is 0.205. The lowest BCUT2D eigenvalue weighted by molar-refractivity contribution is -0.137. The van der Waals surface area contributed by atoms with Gasteiger partial charge in [-0.1, -0.05) is 12.1 Å². The minimum absolute atomic E-state index is 0.0611. The van der Waals surface area contributed by atoms with Gasteiger partial charge in [0.15, 0.2) is 0 Å². The molecule has 2 aromatic rings. The molecule has 0 atom stereocenters. The lowest BCUT2D eigenvalue weighted by atomic mass is 9.87. The molecule has 1 aliphatic heterocycles. The molecule has 1 saturated heterocycles. The second kappa shape index (κ2) is 6.73. The number of piperidine rings is 1. The molecule has 2 heterocycles. The molecule has 3 rings (SSSR count). The third-order valence-electron chi connectivity index (χ3n) is 4.45. The maximum atomic E-state index is 13.0. The van der Waals surface area contributed by atoms with Crippen molar-refractivity contribution in [3.05, 3.63) is 47.0 Å². The van der Waals surface area contributed by atoms with Gasteiger partial charge >= 0.3 is 6.18 Å². The van der Waals surface area contributed by atoms with Crippen molar-refractivity contribution in [2.24, 2.45) is 0 Å². The van der Waals surface area contributed by atoms with Crippen molar-refractivity contribution < 1.29 is 13.2 Å². The molecule has 0 saturated carbocycles. The molecule has 0 unspecified atom stereocenters. The number of halogens is 3. The number of nitriles is 1. The highest BCUT2D eigenvalue weighted by Crippen LogP contribution is 2.35. The van der Waals surface area contributed by atoms with Crippen molar-refractivity contribution in [1.82, 2.24) is 10.3 Å². The molecule has 1 aliphatic rings. The van der Waals surface area contributed by atoms with Crippen molar-refractivity contribution >= 4 is 5.82 Å². The second-order valence-corrected chi connectivity index (χ2v) is 6.07. The van der Waals surface area contributed by atoms with Gasteiger partial charge < -0.3 is 11.1 Å². The largest absolute Gasteiger partial charge is 0.416 e. The van der Waals surface area contributed by atoms with Gasteiger partial charge in [0, 0.05) is 5.56 Å². The Morgan fingerprint density at radius 3 is 2.56 bits per heavy atom. The predicted molar refractivity (Wildman–Crippen MR) is 88.6 cm³/mol. The molecule has 25 heavy (non-hydrogen) atoms. The Hall–Kier alpha value is -2.59. The fourth-order valence-electron chi connectivity index (χ4n) is 3.16. The van der Waals surface area contributed by atoms with E-state index in [1.165, 1.54) is 6.07 Å². The van der Waals surface area contributed by atoms with Crippen molar-refractivity contribution in [2.45, 2.75) is 24.9 Å². The van der Waals surface area contributed by atoms with Gasteiger partial charge in [0.2, 0.25) is 0 Å². The summed E-state index contributed by atoms with van der Waals surface area (Å²) in [5, 5.41) is 12.7. The number of rotatable bonds is 2. The van der Waals surface area contributed by atoms with Crippen LogP contribution in [0.5, 0.6) is 0 Å². The summed E-state index contributed by atoms with van der Waals surface area (Å²) in [6, 6.07) is 8.78. The summed E-state index contributed by atoms with van der Waals surface area (Å²) in [6.45, 7) is 1.66. The fourth-order valence-corrected chi connectivity index (χ4v) is 3.16. The fraction of sp³-hybridized carbons (Fsp3) is 0.333. The molecule has 1 aromatic carbocycles. The van der Waals surface area contributed by atoms with E-state index in [4.69, 9.17) is 5.73 Å². The normalized spacial score (nSPS) is 15.8. The predicted octanol–water partition coefficient (Wildman–Crippen LogP) is 3.69. The van der Waals surface area contributed by atoms with Gasteiger partial charge in [0.1, 0.15) is 11.9 Å². The smallest absolute Gasteiger partial charge is 0.383 e. The standard InChI is InChI=1S/C18H17F3N4/c19-18(20,21)13-3-1-2-12(8-13)16-9-14(11-4-6-24-7-5-11)15(10-22)17(23)25-16/h1-3,8-9,11,24H,4-7H2,(H2,23,25). The molecule has 130 valence electrons. The number of aromatic nitrogens is 1. The molecule has 0 radical (unpaired) electrons. The van der Waals surface area contributed by atoms with Crippen LogP contribution in [0.4, 0.5) is 19.0 Å². The molecule has 0 bridgehead atoms. The zero-order chi connectivity index (χ0) is 18.0. The lowest BCUT2D eigenvalue weighted by Crippen LogP contribution is -2.27. The van der Waals surface area contributed by atoms with Crippen molar-refractivity contribution in [3.63, 3.8) is 0 Å². The number of anilines is 1. The topological polar surface area (TPSA) is 74.7 Å². The van der Waals surface area contributed by atoms with E-state index < -0.39 is 11.7 Å². The zero-order valence-electron chi connectivity index (χ0n) is 13.4. The van der Waals surface area contributed by atoms with E-state index in [1.54, 1.807) is 12.1 Å². The lowest BCUT2D eigenvalue weighted by Gasteiger charge is -2.24. The molecule has 0 aliphatic carbocycles. The number of pyridine rings is 1. The van der Waals surface area contributed by atoms with E-state index in [1.807, 2.05) is 0 Å². The maximum Gasteiger partial charge on any atom is 0.416 e. The quantitative estimate of drug-likeness (QED) is 0.870. The highest BCUT2D eigenvalue weighted by atomic mass is 19.4. The number of benzene rings is 1. The van der Waals surface area contributed by atoms with Crippen LogP contribution in [0.15, 0.2) is 30.3 Å². The van der Waals surface area contributed by atoms with Gasteiger partial charge in [-0.25, -0.2) is 4.98 Å². The summed E-state index contributed by atoms with van der Waals surface area (Å²) in [6.07, 6.45) is -2.73. The SMILES string of the molecule is N#Cc1c(C2CCNCC2)cc(-c2cccc(C(F)(F)F)c2)nc1N. The monoisotopic (exact) mass is 346 g/mol. The van der Waals surface area contributed by atoms with Crippen molar-refractivity contribution in [1.29, 1.82) is 5.26 Å². The van der Waals surface area contributed by atoms with Gasteiger partial charge in [-0.05, 0) is 55.6 Å². The van der Waals surface area contributed by atoms with E-state index in [0.717, 1.165) is 43.6 Å². The minimum Gasteiger partial charge on any atom is -0.383 e. The van der Waals surface area contributed by atoms with Gasteiger partial charge in [0.05, 0.1) is 16.8 Å². The van der Waals surface area contributed by atoms with Gasteiger partial charge in [0.25, 0.3) is 0 Å². The van der Waals surface area contributed by atoms with E-state index in [-0.39, 0.29) is 11.7 Å². The Balaban J connectivity index is 2.09. The highest BCUT2D eigenvalue weighted by Gasteiger charge is 2.30. The number of hydrogen-bond acceptors (Lipinski definition) is 4. The Labute approximate surface area is 143 Å². The summed E-state index contributed by atoms with van der Waals surface area (Å²) in [4.78, 5) is 4.17. The minimum atomic E-state index is -4.42. The van der Waals surface area contributed by atoms with Crippen LogP contribution < -0.4 is 11.1 Å². The molecular formula is C18H17F3N4. The van der Waals surface area contributed by atoms with Crippen molar-refractivity contribution in [3.8, 4) is 17.3 Å². The molecule has 1 aromatic heterocycles. The van der Waals surface area contributed by atoms with Crippen LogP contribution in [0.3, 0.4) is 0 Å². The molecule has 7 heteroatoms. The van der Waals surface area contributed by atoms with Crippen LogP contribution in [-0.4, -0.2) is 18.1 Å². The van der Waals surface area contributed by atoms with Crippen LogP contribution >= 0.6 is 0 Å². The summed E-state index contributed by atoms with van der Waals surface area (Å²) < 4.78 is 38.9. The number of nitrogens with zero attached hydrogens (tertiary/aromatic N) is 2. The first-order valence-electron chi connectivity index (χ1n) is 7.99. The number of hydrogen-bond donors (Lipinski definition) is 2. The van der Waals surface area contributed by atoms with Gasteiger partial charge in [-0.3, -0.25) is 0 Å². The van der Waals surface area contributed by atoms with E-state index in [0.29, 0.717) is 16.8 Å². The van der Waals surface area contributed by atoms with Crippen LogP contribution in [0.2, 0.25) is 0 Å². The van der Waals surface area contributed by atoms with Crippen LogP contribution in [0.1, 0.15) is 35.4 Å². The van der Waals surface area contributed by atoms with Crippen LogP contribution in [-0.2, 0) is 6.18 Å². The van der Waals surface area contributed by atoms with E-state index >= 15 is 0 Å². The molecule has 3 N–H and O–H groups in total. The zero-order valence-corrected chi connectivity index (χ0v) is 13.4. The number of nitrogen functional groups attached to an aromatic ring is 1. The Morgan fingerprint density at radius 1 is 1.20 bits per heavy atom. The molecule has 0 amide bonds. The molecule has 0 spiro atoms. The van der Waals surface area contributed by atoms with Gasteiger partial charge in [-0.15, -0.1) is 0 Å². The van der Waals surface area contributed by atoms with Crippen LogP contribution in [0.25, 0.3) is 11.3 Å². The number of nitrogens with one attached hydrogen (secondary N) is 1. The number of alkyl halides is 3. The van der Waals surface area contributed by atoms with Gasteiger partial charge in [-0.2, -0.15) is 18.4 Å². The molecular weight excluding hydrogens is 329 g/mol. The first-order chi connectivity index (χ1) is 11.9. The molecule has 4 nitrogen and oxygen atoms in total. The highest BCUT2D eigenvalue weighted by molar-refractivity contribution is 5.67. The third-order valence-corrected chi connectivity index (χ3v) is 4.45. The maximum absolute atomic E-state index is 13.0. The average molecular weight is 346 g/mol. The average Bonchev–Trinajstić information content (AvgIpc) is 2.61. The first kappa shape index (κ1) is 17.2. The Morgan fingerprint density at radius 2 is 1.92 bits per heavy atom. The number of nitrogens with two attached hydrogens (primary N) is 1. The molecule has 1 fully saturated rings. The van der Waals surface area contributed by atoms with Crippen molar-refractivity contribution in [2.75, 3.05) is 18.8 Å². The van der Waals surface area contributed by atoms with E-state index in [9.17, 15) is 18.4 Å². The first-order valence-corrected chi connectivity index (χ1v) is 7.99. The summed E-state index contributed by atoms with van der Waals surface area (Å²) >= 11 is 0. The summed E-state index contributed by atoms with van der Waals surface area (Å²) in [7, 11) is 0. The summed E-state index contributed by atoms with van der Waals surface area (Å²) in [5.41, 5.74) is 6.97.